The van der Waals surface area contributed by atoms with E-state index in [4.69, 9.17) is 9.47 Å². The van der Waals surface area contributed by atoms with Crippen molar-refractivity contribution in [1.29, 1.82) is 0 Å². The zero-order valence-corrected chi connectivity index (χ0v) is 15.8. The predicted octanol–water partition coefficient (Wildman–Crippen LogP) is 3.64. The van der Waals surface area contributed by atoms with Crippen LogP contribution in [0.2, 0.25) is 0 Å². The average Bonchev–Trinajstić information content (AvgIpc) is 2.72. The van der Waals surface area contributed by atoms with E-state index < -0.39 is 5.97 Å². The van der Waals surface area contributed by atoms with Crippen molar-refractivity contribution in [1.82, 2.24) is 4.57 Å². The third-order valence-electron chi connectivity index (χ3n) is 5.14. The van der Waals surface area contributed by atoms with Crippen molar-refractivity contribution < 1.29 is 14.3 Å². The normalized spacial score (nSPS) is 20.1. The van der Waals surface area contributed by atoms with E-state index >= 15 is 0 Å². The molecule has 0 aliphatic heterocycles. The highest BCUT2D eigenvalue weighted by molar-refractivity contribution is 6.15. The molecule has 1 aromatic carbocycles. The molecule has 5 heteroatoms. The fourth-order valence-corrected chi connectivity index (χ4v) is 3.56. The molecular weight excluding hydrogens is 342 g/mol. The molecule has 0 saturated heterocycles. The summed E-state index contributed by atoms with van der Waals surface area (Å²) in [7, 11) is 2.95. The first-order valence-electron chi connectivity index (χ1n) is 9.25. The van der Waals surface area contributed by atoms with Crippen LogP contribution in [0, 0.1) is 0 Å². The number of rotatable bonds is 5. The number of carbonyl (C=O) groups is 1. The molecule has 1 saturated carbocycles. The van der Waals surface area contributed by atoms with Gasteiger partial charge in [-0.15, -0.1) is 0 Å². The summed E-state index contributed by atoms with van der Waals surface area (Å²) in [5, 5.41) is 0. The lowest BCUT2D eigenvalue weighted by atomic mass is 9.83. The molecule has 0 bridgehead atoms. The van der Waals surface area contributed by atoms with Crippen molar-refractivity contribution in [2.24, 2.45) is 7.05 Å². The fourth-order valence-electron chi connectivity index (χ4n) is 3.56. The summed E-state index contributed by atoms with van der Waals surface area (Å²) in [6.07, 6.45) is 7.00. The van der Waals surface area contributed by atoms with Gasteiger partial charge < -0.3 is 14.0 Å². The molecule has 27 heavy (non-hydrogen) atoms. The first-order valence-corrected chi connectivity index (χ1v) is 9.25. The molecule has 142 valence electrons. The number of hydrogen-bond acceptors (Lipinski definition) is 4. The first-order chi connectivity index (χ1) is 13.1. The Kier molecular flexibility index (Phi) is 6.12. The Balaban J connectivity index is 1.70. The molecule has 1 heterocycles. The molecule has 0 atom stereocenters. The van der Waals surface area contributed by atoms with Crippen LogP contribution in [0.1, 0.15) is 42.7 Å². The van der Waals surface area contributed by atoms with Crippen LogP contribution >= 0.6 is 0 Å². The van der Waals surface area contributed by atoms with Gasteiger partial charge in [-0.3, -0.25) is 4.79 Å². The number of methoxy groups -OCH3 is 1. The van der Waals surface area contributed by atoms with Gasteiger partial charge in [0.1, 0.15) is 5.57 Å². The molecule has 1 aromatic heterocycles. The number of ether oxygens (including phenoxy) is 2. The van der Waals surface area contributed by atoms with E-state index in [1.54, 1.807) is 25.4 Å². The SMILES string of the molecule is COC(=O)/C(=C/OC1CCC(c2ccccc2)CC1)c1cccn(C)c1=O. The van der Waals surface area contributed by atoms with Gasteiger partial charge in [0, 0.05) is 13.2 Å². The Morgan fingerprint density at radius 1 is 1.07 bits per heavy atom. The second kappa shape index (κ2) is 8.71. The zero-order valence-electron chi connectivity index (χ0n) is 15.8. The van der Waals surface area contributed by atoms with Crippen LogP contribution in [0.15, 0.2) is 59.7 Å². The number of aromatic nitrogens is 1. The maximum absolute atomic E-state index is 12.3. The van der Waals surface area contributed by atoms with Crippen LogP contribution in [-0.2, 0) is 21.3 Å². The highest BCUT2D eigenvalue weighted by atomic mass is 16.5. The maximum Gasteiger partial charge on any atom is 0.341 e. The van der Waals surface area contributed by atoms with E-state index in [1.165, 1.54) is 23.5 Å². The zero-order chi connectivity index (χ0) is 19.2. The highest BCUT2D eigenvalue weighted by Crippen LogP contribution is 2.34. The number of carbonyl (C=O) groups excluding carboxylic acids is 1. The second-order valence-electron chi connectivity index (χ2n) is 6.88. The molecule has 0 spiro atoms. The second-order valence-corrected chi connectivity index (χ2v) is 6.88. The Morgan fingerprint density at radius 3 is 2.44 bits per heavy atom. The Bertz CT molecular complexity index is 861. The molecule has 1 aliphatic carbocycles. The van der Waals surface area contributed by atoms with Crippen LogP contribution in [-0.4, -0.2) is 23.8 Å². The molecule has 0 unspecified atom stereocenters. The van der Waals surface area contributed by atoms with Crippen molar-refractivity contribution in [2.45, 2.75) is 37.7 Å². The summed E-state index contributed by atoms with van der Waals surface area (Å²) in [5.74, 6) is -0.0206. The van der Waals surface area contributed by atoms with Crippen LogP contribution in [0.25, 0.3) is 5.57 Å². The molecule has 0 radical (unpaired) electrons. The van der Waals surface area contributed by atoms with Crippen molar-refractivity contribution in [2.75, 3.05) is 7.11 Å². The van der Waals surface area contributed by atoms with Crippen LogP contribution < -0.4 is 5.56 Å². The van der Waals surface area contributed by atoms with Gasteiger partial charge in [0.25, 0.3) is 5.56 Å². The van der Waals surface area contributed by atoms with E-state index in [0.717, 1.165) is 25.7 Å². The number of hydrogen-bond donors (Lipinski definition) is 0. The molecule has 1 fully saturated rings. The van der Waals surface area contributed by atoms with E-state index in [0.29, 0.717) is 5.92 Å². The van der Waals surface area contributed by atoms with Gasteiger partial charge in [-0.05, 0) is 49.3 Å². The van der Waals surface area contributed by atoms with E-state index in [9.17, 15) is 9.59 Å². The average molecular weight is 367 g/mol. The van der Waals surface area contributed by atoms with E-state index in [1.807, 2.05) is 6.07 Å². The monoisotopic (exact) mass is 367 g/mol. The summed E-state index contributed by atoms with van der Waals surface area (Å²) in [4.78, 5) is 24.5. The Labute approximate surface area is 159 Å². The molecule has 3 rings (SSSR count). The third-order valence-corrected chi connectivity index (χ3v) is 5.14. The lowest BCUT2D eigenvalue weighted by Crippen LogP contribution is -2.23. The predicted molar refractivity (Wildman–Crippen MR) is 104 cm³/mol. The van der Waals surface area contributed by atoms with Gasteiger partial charge in [0.2, 0.25) is 0 Å². The van der Waals surface area contributed by atoms with Gasteiger partial charge in [-0.1, -0.05) is 30.3 Å². The Morgan fingerprint density at radius 2 is 1.78 bits per heavy atom. The molecule has 1 aliphatic rings. The van der Waals surface area contributed by atoms with Crippen LogP contribution in [0.5, 0.6) is 0 Å². The quantitative estimate of drug-likeness (QED) is 0.460. The van der Waals surface area contributed by atoms with Gasteiger partial charge >= 0.3 is 5.97 Å². The minimum absolute atomic E-state index is 0.0391. The van der Waals surface area contributed by atoms with E-state index in [-0.39, 0.29) is 22.8 Å². The van der Waals surface area contributed by atoms with Gasteiger partial charge in [-0.25, -0.2) is 4.79 Å². The smallest absolute Gasteiger partial charge is 0.341 e. The number of benzene rings is 1. The number of esters is 1. The lowest BCUT2D eigenvalue weighted by Gasteiger charge is -2.28. The minimum Gasteiger partial charge on any atom is -0.497 e. The van der Waals surface area contributed by atoms with Crippen molar-refractivity contribution in [3.05, 3.63) is 76.4 Å². The third kappa shape index (κ3) is 4.48. The Hall–Kier alpha value is -2.82. The summed E-state index contributed by atoms with van der Waals surface area (Å²) in [5.41, 5.74) is 1.55. The minimum atomic E-state index is -0.573. The number of aryl methyl sites for hydroxylation is 1. The van der Waals surface area contributed by atoms with Crippen molar-refractivity contribution in [3.63, 3.8) is 0 Å². The number of pyridine rings is 1. The summed E-state index contributed by atoms with van der Waals surface area (Å²) in [6.45, 7) is 0. The standard InChI is InChI=1S/C22H25NO4/c1-23-14-6-9-19(21(23)24)20(22(25)26-2)15-27-18-12-10-17(11-13-18)16-7-4-3-5-8-16/h3-9,14-15,17-18H,10-13H2,1-2H3/b20-15+. The lowest BCUT2D eigenvalue weighted by molar-refractivity contribution is -0.133. The van der Waals surface area contributed by atoms with Crippen LogP contribution in [0.4, 0.5) is 0 Å². The molecule has 2 aromatic rings. The summed E-state index contributed by atoms with van der Waals surface area (Å²) < 4.78 is 12.2. The molecular formula is C22H25NO4. The van der Waals surface area contributed by atoms with E-state index in [2.05, 4.69) is 24.3 Å². The maximum atomic E-state index is 12.3. The largest absolute Gasteiger partial charge is 0.497 e. The first kappa shape index (κ1) is 19.0. The summed E-state index contributed by atoms with van der Waals surface area (Å²) in [6, 6.07) is 13.9. The van der Waals surface area contributed by atoms with Crippen molar-refractivity contribution >= 4 is 11.5 Å². The molecule has 5 nitrogen and oxygen atoms in total. The summed E-state index contributed by atoms with van der Waals surface area (Å²) >= 11 is 0. The van der Waals surface area contributed by atoms with Crippen molar-refractivity contribution in [3.8, 4) is 0 Å². The molecule has 0 amide bonds. The molecule has 0 N–H and O–H groups in total. The van der Waals surface area contributed by atoms with Gasteiger partial charge in [-0.2, -0.15) is 0 Å². The van der Waals surface area contributed by atoms with Gasteiger partial charge in [0.05, 0.1) is 25.0 Å². The fraction of sp³-hybridized carbons (Fsp3) is 0.364. The topological polar surface area (TPSA) is 57.5 Å². The van der Waals surface area contributed by atoms with Crippen LogP contribution in [0.3, 0.4) is 0 Å². The number of nitrogens with zero attached hydrogens (tertiary/aromatic N) is 1. The van der Waals surface area contributed by atoms with Gasteiger partial charge in [0.15, 0.2) is 0 Å². The highest BCUT2D eigenvalue weighted by Gasteiger charge is 2.24.